The highest BCUT2D eigenvalue weighted by molar-refractivity contribution is 7.91. The maximum Gasteiger partial charge on any atom is 0.224 e. The van der Waals surface area contributed by atoms with Crippen LogP contribution in [-0.2, 0) is 27.6 Å². The number of nitrogens with one attached hydrogen (secondary N) is 2. The quantitative estimate of drug-likeness (QED) is 0.327. The average molecular weight is 511 g/mol. The van der Waals surface area contributed by atoms with Crippen molar-refractivity contribution in [2.75, 3.05) is 19.4 Å². The lowest BCUT2D eigenvalue weighted by atomic mass is 10.00. The number of ether oxygens (including phenoxy) is 1. The zero-order valence-electron chi connectivity index (χ0n) is 20.6. The number of hydrogen-bond donors (Lipinski definition) is 3. The molecule has 0 bridgehead atoms. The fourth-order valence-corrected chi connectivity index (χ4v) is 5.47. The molecule has 7 nitrogen and oxygen atoms in total. The minimum Gasteiger partial charge on any atom is -0.497 e. The second-order valence-electron chi connectivity index (χ2n) is 8.85. The Morgan fingerprint density at radius 2 is 1.58 bits per heavy atom. The summed E-state index contributed by atoms with van der Waals surface area (Å²) in [6.45, 7) is 2.35. The Labute approximate surface area is 213 Å². The van der Waals surface area contributed by atoms with Crippen molar-refractivity contribution in [2.45, 2.75) is 36.9 Å². The molecule has 36 heavy (non-hydrogen) atoms. The second-order valence-corrected chi connectivity index (χ2v) is 10.9. The Balaban J connectivity index is 1.64. The molecule has 3 aromatic carbocycles. The molecule has 0 saturated carbocycles. The minimum absolute atomic E-state index is 0.187. The third-order valence-electron chi connectivity index (χ3n) is 5.93. The molecular formula is C28H34N2O5S. The van der Waals surface area contributed by atoms with Gasteiger partial charge in [-0.25, -0.2) is 8.42 Å². The minimum atomic E-state index is -3.62. The van der Waals surface area contributed by atoms with E-state index in [1.165, 1.54) is 12.1 Å². The smallest absolute Gasteiger partial charge is 0.224 e. The molecule has 0 aliphatic carbocycles. The van der Waals surface area contributed by atoms with Crippen LogP contribution in [0.4, 0.5) is 0 Å². The molecule has 192 valence electrons. The van der Waals surface area contributed by atoms with Gasteiger partial charge in [-0.05, 0) is 41.8 Å². The third kappa shape index (κ3) is 8.19. The number of methoxy groups -OCH3 is 1. The molecule has 0 aliphatic heterocycles. The number of aliphatic hydroxyl groups excluding tert-OH is 1. The van der Waals surface area contributed by atoms with Crippen LogP contribution in [0.15, 0.2) is 89.8 Å². The van der Waals surface area contributed by atoms with Crippen molar-refractivity contribution in [1.82, 2.24) is 10.6 Å². The van der Waals surface area contributed by atoms with E-state index in [0.29, 0.717) is 13.0 Å². The Morgan fingerprint density at radius 3 is 2.25 bits per heavy atom. The Bertz CT molecular complexity index is 1200. The predicted octanol–water partition coefficient (Wildman–Crippen LogP) is 2.98. The van der Waals surface area contributed by atoms with Gasteiger partial charge in [-0.3, -0.25) is 4.79 Å². The fraction of sp³-hybridized carbons (Fsp3) is 0.321. The molecule has 0 unspecified atom stereocenters. The van der Waals surface area contributed by atoms with Gasteiger partial charge in [0.05, 0.1) is 29.9 Å². The predicted molar refractivity (Wildman–Crippen MR) is 140 cm³/mol. The van der Waals surface area contributed by atoms with E-state index in [9.17, 15) is 18.3 Å². The molecule has 0 radical (unpaired) electrons. The zero-order chi connectivity index (χ0) is 26.0. The van der Waals surface area contributed by atoms with Crippen molar-refractivity contribution in [2.24, 2.45) is 5.92 Å². The number of hydrogen-bond acceptors (Lipinski definition) is 6. The van der Waals surface area contributed by atoms with E-state index in [-0.39, 0.29) is 17.2 Å². The maximum atomic E-state index is 13.0. The van der Waals surface area contributed by atoms with Crippen LogP contribution in [0.3, 0.4) is 0 Å². The molecule has 0 aliphatic rings. The van der Waals surface area contributed by atoms with Gasteiger partial charge in [-0.2, -0.15) is 0 Å². The van der Waals surface area contributed by atoms with E-state index in [0.717, 1.165) is 16.9 Å². The van der Waals surface area contributed by atoms with E-state index >= 15 is 0 Å². The monoisotopic (exact) mass is 510 g/mol. The van der Waals surface area contributed by atoms with Crippen molar-refractivity contribution >= 4 is 15.7 Å². The highest BCUT2D eigenvalue weighted by Crippen LogP contribution is 2.15. The van der Waals surface area contributed by atoms with Gasteiger partial charge < -0.3 is 20.5 Å². The first kappa shape index (κ1) is 27.4. The van der Waals surface area contributed by atoms with E-state index in [1.54, 1.807) is 32.2 Å². The van der Waals surface area contributed by atoms with Gasteiger partial charge in [0, 0.05) is 19.0 Å². The summed E-state index contributed by atoms with van der Waals surface area (Å²) in [6, 6.07) is 24.7. The fourth-order valence-electron chi connectivity index (χ4n) is 3.89. The number of amides is 1. The third-order valence-corrected chi connectivity index (χ3v) is 7.86. The number of aliphatic hydroxyl groups is 1. The molecule has 0 heterocycles. The molecular weight excluding hydrogens is 476 g/mol. The number of sulfone groups is 1. The number of benzene rings is 3. The first-order chi connectivity index (χ1) is 17.3. The van der Waals surface area contributed by atoms with E-state index < -0.39 is 33.8 Å². The highest BCUT2D eigenvalue weighted by Gasteiger charge is 2.27. The maximum absolute atomic E-state index is 13.0. The van der Waals surface area contributed by atoms with Crippen LogP contribution in [0.25, 0.3) is 0 Å². The normalized spacial score (nSPS) is 14.0. The van der Waals surface area contributed by atoms with Crippen LogP contribution in [0.5, 0.6) is 5.75 Å². The number of carbonyl (C=O) groups is 1. The van der Waals surface area contributed by atoms with Gasteiger partial charge >= 0.3 is 0 Å². The van der Waals surface area contributed by atoms with Crippen molar-refractivity contribution in [3.05, 3.63) is 96.1 Å². The van der Waals surface area contributed by atoms with Crippen LogP contribution >= 0.6 is 0 Å². The molecule has 1 amide bonds. The molecule has 0 fully saturated rings. The first-order valence-corrected chi connectivity index (χ1v) is 13.6. The molecule has 3 rings (SSSR count). The van der Waals surface area contributed by atoms with Crippen molar-refractivity contribution < 1.29 is 23.1 Å². The summed E-state index contributed by atoms with van der Waals surface area (Å²) in [5.74, 6) is -0.762. The van der Waals surface area contributed by atoms with Crippen LogP contribution in [-0.4, -0.2) is 51.0 Å². The molecule has 8 heteroatoms. The van der Waals surface area contributed by atoms with Crippen molar-refractivity contribution in [3.8, 4) is 5.75 Å². The highest BCUT2D eigenvalue weighted by atomic mass is 32.2. The van der Waals surface area contributed by atoms with Gasteiger partial charge in [0.2, 0.25) is 5.91 Å². The summed E-state index contributed by atoms with van der Waals surface area (Å²) in [6.07, 6.45) is -0.482. The lowest BCUT2D eigenvalue weighted by Crippen LogP contribution is -2.50. The lowest BCUT2D eigenvalue weighted by molar-refractivity contribution is -0.125. The number of rotatable bonds is 13. The van der Waals surface area contributed by atoms with Crippen LogP contribution in [0.1, 0.15) is 18.1 Å². The van der Waals surface area contributed by atoms with E-state index in [4.69, 9.17) is 4.74 Å². The summed E-state index contributed by atoms with van der Waals surface area (Å²) in [4.78, 5) is 13.2. The van der Waals surface area contributed by atoms with E-state index in [2.05, 4.69) is 10.6 Å². The SMILES string of the molecule is COc1cccc(CNC[C@H](O)[C@H](Cc2ccccc2)NC(=O)[C@@H](C)CS(=O)(=O)c2ccccc2)c1. The Morgan fingerprint density at radius 1 is 0.944 bits per heavy atom. The van der Waals surface area contributed by atoms with E-state index in [1.807, 2.05) is 54.6 Å². The van der Waals surface area contributed by atoms with Crippen LogP contribution < -0.4 is 15.4 Å². The van der Waals surface area contributed by atoms with Crippen molar-refractivity contribution in [3.63, 3.8) is 0 Å². The zero-order valence-corrected chi connectivity index (χ0v) is 21.4. The van der Waals surface area contributed by atoms with Gasteiger partial charge in [-0.15, -0.1) is 0 Å². The Kier molecular flexibility index (Phi) is 10.0. The van der Waals surface area contributed by atoms with Crippen LogP contribution in [0, 0.1) is 5.92 Å². The molecule has 3 N–H and O–H groups in total. The van der Waals surface area contributed by atoms with Gasteiger partial charge in [-0.1, -0.05) is 67.6 Å². The number of carbonyl (C=O) groups excluding carboxylic acids is 1. The summed E-state index contributed by atoms with van der Waals surface area (Å²) < 4.78 is 30.7. The molecule has 3 atom stereocenters. The lowest BCUT2D eigenvalue weighted by Gasteiger charge is -2.26. The summed E-state index contributed by atoms with van der Waals surface area (Å²) in [5, 5.41) is 17.1. The first-order valence-electron chi connectivity index (χ1n) is 11.9. The van der Waals surface area contributed by atoms with Gasteiger partial charge in [0.1, 0.15) is 5.75 Å². The summed E-state index contributed by atoms with van der Waals surface area (Å²) in [5.41, 5.74) is 1.96. The average Bonchev–Trinajstić information content (AvgIpc) is 2.89. The Hall–Kier alpha value is -3.20. The second kappa shape index (κ2) is 13.2. The van der Waals surface area contributed by atoms with Gasteiger partial charge in [0.15, 0.2) is 9.84 Å². The molecule has 0 aromatic heterocycles. The van der Waals surface area contributed by atoms with Gasteiger partial charge in [0.25, 0.3) is 0 Å². The molecule has 0 saturated heterocycles. The molecule has 3 aromatic rings. The standard InChI is InChI=1S/C28H34N2O5S/c1-21(20-36(33,34)25-14-7-4-8-15-25)28(32)30-26(17-22-10-5-3-6-11-22)27(31)19-29-18-23-12-9-13-24(16-23)35-2/h3-16,21,26-27,29,31H,17-20H2,1-2H3,(H,30,32)/t21-,26-,27-/m0/s1. The largest absolute Gasteiger partial charge is 0.497 e. The molecule has 0 spiro atoms. The van der Waals surface area contributed by atoms with Crippen molar-refractivity contribution in [1.29, 1.82) is 0 Å². The van der Waals surface area contributed by atoms with Crippen LogP contribution in [0.2, 0.25) is 0 Å². The summed E-state index contributed by atoms with van der Waals surface area (Å²) in [7, 11) is -2.01. The summed E-state index contributed by atoms with van der Waals surface area (Å²) >= 11 is 0. The topological polar surface area (TPSA) is 105 Å².